The van der Waals surface area contributed by atoms with Crippen LogP contribution in [0.2, 0.25) is 0 Å². The van der Waals surface area contributed by atoms with Gasteiger partial charge in [-0.1, -0.05) is 59.2 Å². The molecule has 2 aromatic carbocycles. The Labute approximate surface area is 211 Å². The molecule has 0 heterocycles. The summed E-state index contributed by atoms with van der Waals surface area (Å²) in [4.78, 5) is 27.7. The van der Waals surface area contributed by atoms with Crippen molar-refractivity contribution in [2.24, 2.45) is 0 Å². The Balaban J connectivity index is 2.20. The first-order valence-corrected chi connectivity index (χ1v) is 12.6. The molecule has 0 aliphatic carbocycles. The van der Waals surface area contributed by atoms with Crippen LogP contribution in [-0.2, 0) is 21.5 Å². The fraction of sp³-hybridized carbons (Fsp3) is 0.481. The number of hydrogen-bond donors (Lipinski definition) is 1. The normalized spacial score (nSPS) is 12.2. The molecule has 34 heavy (non-hydrogen) atoms. The van der Waals surface area contributed by atoms with E-state index in [0.29, 0.717) is 18.7 Å². The van der Waals surface area contributed by atoms with E-state index in [0.717, 1.165) is 28.4 Å². The van der Waals surface area contributed by atoms with Crippen LogP contribution in [0.3, 0.4) is 0 Å². The average molecular weight is 535 g/mol. The van der Waals surface area contributed by atoms with E-state index in [1.807, 2.05) is 25.1 Å². The monoisotopic (exact) mass is 534 g/mol. The highest BCUT2D eigenvalue weighted by Gasteiger charge is 2.29. The maximum Gasteiger partial charge on any atom is 0.261 e. The van der Waals surface area contributed by atoms with Gasteiger partial charge in [-0.2, -0.15) is 0 Å². The molecule has 0 fully saturated rings. The number of nitrogens with one attached hydrogen (secondary N) is 1. The molecule has 2 aromatic rings. The van der Waals surface area contributed by atoms with Crippen molar-refractivity contribution in [3.63, 3.8) is 0 Å². The predicted octanol–water partition coefficient (Wildman–Crippen LogP) is 5.99. The van der Waals surface area contributed by atoms with Gasteiger partial charge in [0.15, 0.2) is 6.61 Å². The van der Waals surface area contributed by atoms with Crippen molar-refractivity contribution in [1.82, 2.24) is 10.2 Å². The summed E-state index contributed by atoms with van der Waals surface area (Å²) in [6.45, 7) is 10.8. The third-order valence-corrected chi connectivity index (χ3v) is 6.25. The lowest BCUT2D eigenvalue weighted by molar-refractivity contribution is -0.143. The van der Waals surface area contributed by atoms with Gasteiger partial charge in [-0.15, -0.1) is 0 Å². The van der Waals surface area contributed by atoms with Crippen LogP contribution in [0.25, 0.3) is 0 Å². The molecule has 0 unspecified atom stereocenters. The number of nitrogens with zero attached hydrogens (tertiary/aromatic N) is 1. The van der Waals surface area contributed by atoms with Crippen molar-refractivity contribution >= 4 is 27.7 Å². The first kappa shape index (κ1) is 27.8. The minimum Gasteiger partial charge on any atom is -0.483 e. The molecule has 0 saturated heterocycles. The van der Waals surface area contributed by atoms with Crippen molar-refractivity contribution in [1.29, 1.82) is 0 Å². The smallest absolute Gasteiger partial charge is 0.261 e. The van der Waals surface area contributed by atoms with Gasteiger partial charge < -0.3 is 15.0 Å². The quantitative estimate of drug-likeness (QED) is 0.360. The Hall–Kier alpha value is -2.41. The molecule has 0 aliphatic rings. The third kappa shape index (κ3) is 8.12. The topological polar surface area (TPSA) is 58.6 Å². The molecule has 0 radical (unpaired) electrons. The molecule has 5 nitrogen and oxygen atoms in total. The number of amides is 2. The Morgan fingerprint density at radius 1 is 1.12 bits per heavy atom. The van der Waals surface area contributed by atoms with Crippen LogP contribution < -0.4 is 10.1 Å². The number of rotatable bonds is 11. The summed E-state index contributed by atoms with van der Waals surface area (Å²) in [6, 6.07) is 11.1. The zero-order valence-electron chi connectivity index (χ0n) is 20.8. The number of ether oxygens (including phenoxy) is 1. The van der Waals surface area contributed by atoms with E-state index >= 15 is 0 Å². The molecule has 0 bridgehead atoms. The van der Waals surface area contributed by atoms with E-state index in [2.05, 4.69) is 48.9 Å². The summed E-state index contributed by atoms with van der Waals surface area (Å²) in [5, 5.41) is 2.93. The summed E-state index contributed by atoms with van der Waals surface area (Å²) >= 11 is 3.54. The van der Waals surface area contributed by atoms with Crippen LogP contribution in [0, 0.1) is 5.82 Å². The Morgan fingerprint density at radius 2 is 1.79 bits per heavy atom. The van der Waals surface area contributed by atoms with Crippen LogP contribution >= 0.6 is 15.9 Å². The molecule has 7 heteroatoms. The summed E-state index contributed by atoms with van der Waals surface area (Å²) in [5.41, 5.74) is 1.87. The maximum atomic E-state index is 13.4. The van der Waals surface area contributed by atoms with Gasteiger partial charge in [0.2, 0.25) is 5.91 Å². The van der Waals surface area contributed by atoms with Gasteiger partial charge in [0, 0.05) is 13.1 Å². The van der Waals surface area contributed by atoms with Gasteiger partial charge in [-0.05, 0) is 69.6 Å². The van der Waals surface area contributed by atoms with Crippen LogP contribution in [0.4, 0.5) is 4.39 Å². The number of carbonyl (C=O) groups excluding carboxylic acids is 2. The lowest BCUT2D eigenvalue weighted by Crippen LogP contribution is -2.50. The Morgan fingerprint density at radius 3 is 2.35 bits per heavy atom. The highest BCUT2D eigenvalue weighted by Crippen LogP contribution is 2.31. The minimum absolute atomic E-state index is 0.0116. The molecule has 186 valence electrons. The molecule has 0 saturated carbocycles. The van der Waals surface area contributed by atoms with Gasteiger partial charge in [0.05, 0.1) is 4.47 Å². The second-order valence-electron chi connectivity index (χ2n) is 9.40. The number of benzene rings is 2. The highest BCUT2D eigenvalue weighted by atomic mass is 79.9. The van der Waals surface area contributed by atoms with Crippen molar-refractivity contribution in [2.45, 2.75) is 71.9 Å². The molecule has 0 aliphatic heterocycles. The average Bonchev–Trinajstić information content (AvgIpc) is 2.78. The van der Waals surface area contributed by atoms with Crippen molar-refractivity contribution in [3.8, 4) is 5.75 Å². The molecule has 0 spiro atoms. The lowest BCUT2D eigenvalue weighted by atomic mass is 9.87. The van der Waals surface area contributed by atoms with Crippen molar-refractivity contribution in [2.75, 3.05) is 13.2 Å². The van der Waals surface area contributed by atoms with Crippen LogP contribution in [0.5, 0.6) is 5.75 Å². The molecule has 2 amide bonds. The summed E-state index contributed by atoms with van der Waals surface area (Å²) in [5.74, 6) is -0.294. The zero-order valence-corrected chi connectivity index (χ0v) is 22.4. The predicted molar refractivity (Wildman–Crippen MR) is 137 cm³/mol. The van der Waals surface area contributed by atoms with Gasteiger partial charge in [-0.25, -0.2) is 4.39 Å². The molecular weight excluding hydrogens is 499 g/mol. The molecule has 2 rings (SSSR count). The third-order valence-electron chi connectivity index (χ3n) is 5.63. The second-order valence-corrected chi connectivity index (χ2v) is 10.3. The Bertz CT molecular complexity index is 957. The maximum absolute atomic E-state index is 13.4. The standard InChI is InChI=1S/C27H36BrFN2O3/c1-6-8-15-30-26(33)23(7-2)31(17-19-9-12-21(29)13-10-19)25(32)18-34-24-14-11-20(16-22(24)28)27(3,4)5/h9-14,16,23H,6-8,15,17-18H2,1-5H3,(H,30,33)/t23-/m0/s1. The van der Waals surface area contributed by atoms with Crippen LogP contribution in [0.1, 0.15) is 65.0 Å². The molecular formula is C27H36BrFN2O3. The number of carbonyl (C=O) groups is 2. The van der Waals surface area contributed by atoms with E-state index in [-0.39, 0.29) is 36.2 Å². The van der Waals surface area contributed by atoms with E-state index < -0.39 is 6.04 Å². The fourth-order valence-corrected chi connectivity index (χ4v) is 4.01. The zero-order chi connectivity index (χ0) is 25.3. The summed E-state index contributed by atoms with van der Waals surface area (Å²) < 4.78 is 20.0. The van der Waals surface area contributed by atoms with Gasteiger partial charge in [0.25, 0.3) is 5.91 Å². The van der Waals surface area contributed by atoms with Crippen LogP contribution in [0.15, 0.2) is 46.9 Å². The lowest BCUT2D eigenvalue weighted by Gasteiger charge is -2.30. The van der Waals surface area contributed by atoms with Gasteiger partial charge >= 0.3 is 0 Å². The fourth-order valence-electron chi connectivity index (χ4n) is 3.52. The van der Waals surface area contributed by atoms with Crippen LogP contribution in [-0.4, -0.2) is 35.9 Å². The van der Waals surface area contributed by atoms with Gasteiger partial charge in [-0.3, -0.25) is 9.59 Å². The molecule has 0 aromatic heterocycles. The Kier molecular flexibility index (Phi) is 10.5. The van der Waals surface area contributed by atoms with Gasteiger partial charge in [0.1, 0.15) is 17.6 Å². The van der Waals surface area contributed by atoms with E-state index in [4.69, 9.17) is 4.74 Å². The SMILES string of the molecule is CCCCNC(=O)[C@H](CC)N(Cc1ccc(F)cc1)C(=O)COc1ccc(C(C)(C)C)cc1Br. The highest BCUT2D eigenvalue weighted by molar-refractivity contribution is 9.10. The number of unbranched alkanes of at least 4 members (excludes halogenated alkanes) is 1. The van der Waals surface area contributed by atoms with E-state index in [1.54, 1.807) is 12.1 Å². The van der Waals surface area contributed by atoms with E-state index in [9.17, 15) is 14.0 Å². The first-order valence-electron chi connectivity index (χ1n) is 11.8. The summed E-state index contributed by atoms with van der Waals surface area (Å²) in [6.07, 6.45) is 2.29. The molecule has 1 atom stereocenters. The summed E-state index contributed by atoms with van der Waals surface area (Å²) in [7, 11) is 0. The molecule has 1 N–H and O–H groups in total. The number of hydrogen-bond acceptors (Lipinski definition) is 3. The van der Waals surface area contributed by atoms with Crippen molar-refractivity contribution in [3.05, 3.63) is 63.9 Å². The second kappa shape index (κ2) is 12.9. The first-order chi connectivity index (χ1) is 16.1. The minimum atomic E-state index is -0.648. The number of halogens is 2. The van der Waals surface area contributed by atoms with E-state index in [1.165, 1.54) is 17.0 Å². The van der Waals surface area contributed by atoms with Crippen molar-refractivity contribution < 1.29 is 18.7 Å². The largest absolute Gasteiger partial charge is 0.483 e.